The maximum Gasteiger partial charge on any atom is 0.276 e. The highest BCUT2D eigenvalue weighted by Gasteiger charge is 2.15. The number of nitrogens with one attached hydrogen (secondary N) is 1. The molecule has 0 atom stereocenters. The predicted molar refractivity (Wildman–Crippen MR) is 103 cm³/mol. The van der Waals surface area contributed by atoms with Gasteiger partial charge in [-0.1, -0.05) is 17.7 Å². The van der Waals surface area contributed by atoms with Crippen molar-refractivity contribution >= 4 is 34.8 Å². The zero-order chi connectivity index (χ0) is 19.6. The molecule has 0 radical (unpaired) electrons. The molecule has 0 aliphatic rings. The summed E-state index contributed by atoms with van der Waals surface area (Å²) in [6.07, 6.45) is 2.54. The van der Waals surface area contributed by atoms with E-state index in [0.29, 0.717) is 17.6 Å². The van der Waals surface area contributed by atoms with Gasteiger partial charge in [-0.3, -0.25) is 9.59 Å². The number of carbonyl (C=O) groups excluding carboxylic acids is 1. The summed E-state index contributed by atoms with van der Waals surface area (Å²) in [6, 6.07) is 7.56. The van der Waals surface area contributed by atoms with E-state index in [1.54, 1.807) is 16.7 Å². The van der Waals surface area contributed by atoms with Crippen molar-refractivity contribution in [1.29, 1.82) is 0 Å². The Labute approximate surface area is 159 Å². The van der Waals surface area contributed by atoms with Crippen LogP contribution in [0.3, 0.4) is 0 Å². The summed E-state index contributed by atoms with van der Waals surface area (Å²) in [7, 11) is 0. The summed E-state index contributed by atoms with van der Waals surface area (Å²) < 4.78 is 15.4. The van der Waals surface area contributed by atoms with Gasteiger partial charge in [0.1, 0.15) is 17.0 Å². The first-order valence-electron chi connectivity index (χ1n) is 8.20. The van der Waals surface area contributed by atoms with Crippen LogP contribution in [0.4, 0.5) is 4.39 Å². The highest BCUT2D eigenvalue weighted by molar-refractivity contribution is 6.33. The van der Waals surface area contributed by atoms with Crippen molar-refractivity contribution in [2.75, 3.05) is 0 Å². The van der Waals surface area contributed by atoms with Crippen molar-refractivity contribution in [2.45, 2.75) is 20.4 Å². The molecule has 6 nitrogen and oxygen atoms in total. The third-order valence-electron chi connectivity index (χ3n) is 4.01. The lowest BCUT2D eigenvalue weighted by atomic mass is 10.1. The fourth-order valence-electron chi connectivity index (χ4n) is 2.61. The van der Waals surface area contributed by atoms with Gasteiger partial charge in [-0.05, 0) is 38.1 Å². The number of hydrazone groups is 1. The van der Waals surface area contributed by atoms with Crippen molar-refractivity contribution in [3.8, 4) is 0 Å². The Hall–Kier alpha value is -3.06. The van der Waals surface area contributed by atoms with Gasteiger partial charge in [-0.25, -0.2) is 14.8 Å². The minimum Gasteiger partial charge on any atom is -0.332 e. The first-order valence-corrected chi connectivity index (χ1v) is 8.58. The predicted octanol–water partition coefficient (Wildman–Crippen LogP) is 3.28. The summed E-state index contributed by atoms with van der Waals surface area (Å²) in [6.45, 7) is 4.24. The lowest BCUT2D eigenvalue weighted by Crippen LogP contribution is -2.27. The summed E-state index contributed by atoms with van der Waals surface area (Å²) in [5.41, 5.74) is 3.05. The molecule has 0 saturated carbocycles. The average molecular weight is 387 g/mol. The Morgan fingerprint density at radius 2 is 2.15 bits per heavy atom. The summed E-state index contributed by atoms with van der Waals surface area (Å²) >= 11 is 5.90. The molecule has 3 aromatic rings. The smallest absolute Gasteiger partial charge is 0.276 e. The van der Waals surface area contributed by atoms with Gasteiger partial charge < -0.3 is 4.57 Å². The van der Waals surface area contributed by atoms with Crippen LogP contribution in [0.15, 0.2) is 46.4 Å². The number of amides is 1. The number of aromatic nitrogens is 2. The van der Waals surface area contributed by atoms with E-state index < -0.39 is 17.2 Å². The van der Waals surface area contributed by atoms with Crippen LogP contribution in [0.1, 0.15) is 28.5 Å². The maximum atomic E-state index is 13.7. The minimum atomic E-state index is -0.701. The van der Waals surface area contributed by atoms with Gasteiger partial charge in [0.25, 0.3) is 5.91 Å². The molecule has 2 heterocycles. The zero-order valence-electron chi connectivity index (χ0n) is 14.7. The van der Waals surface area contributed by atoms with E-state index in [1.165, 1.54) is 24.4 Å². The van der Waals surface area contributed by atoms with Crippen molar-refractivity contribution in [3.05, 3.63) is 74.4 Å². The number of rotatable bonds is 4. The molecule has 8 heteroatoms. The van der Waals surface area contributed by atoms with Crippen molar-refractivity contribution in [3.63, 3.8) is 0 Å². The molecule has 2 aromatic heterocycles. The fourth-order valence-corrected chi connectivity index (χ4v) is 2.82. The van der Waals surface area contributed by atoms with Gasteiger partial charge in [-0.2, -0.15) is 5.10 Å². The number of fused-ring (bicyclic) bond motifs is 1. The second kappa shape index (κ2) is 7.67. The van der Waals surface area contributed by atoms with Crippen LogP contribution >= 0.6 is 11.6 Å². The van der Waals surface area contributed by atoms with Gasteiger partial charge in [0.15, 0.2) is 0 Å². The molecule has 138 valence electrons. The Morgan fingerprint density at radius 3 is 2.85 bits per heavy atom. The molecule has 0 saturated heterocycles. The SMILES string of the molecule is CCn1cc(C(=O)N/N=C/c2c(F)cccc2Cl)c(=O)c2ccc(C)nc21. The van der Waals surface area contributed by atoms with Crippen LogP contribution < -0.4 is 10.9 Å². The molecule has 0 aliphatic carbocycles. The molecule has 0 aliphatic heterocycles. The third-order valence-corrected chi connectivity index (χ3v) is 4.33. The molecule has 27 heavy (non-hydrogen) atoms. The van der Waals surface area contributed by atoms with Crippen molar-refractivity contribution in [1.82, 2.24) is 15.0 Å². The molecule has 0 bridgehead atoms. The second-order valence-corrected chi connectivity index (χ2v) is 6.22. The number of carbonyl (C=O) groups is 1. The van der Waals surface area contributed by atoms with Gasteiger partial charge in [-0.15, -0.1) is 0 Å². The summed E-state index contributed by atoms with van der Waals surface area (Å²) in [5, 5.41) is 4.22. The first kappa shape index (κ1) is 18.7. The Balaban J connectivity index is 1.94. The van der Waals surface area contributed by atoms with Gasteiger partial charge >= 0.3 is 0 Å². The first-order chi connectivity index (χ1) is 12.9. The number of nitrogens with zero attached hydrogens (tertiary/aromatic N) is 3. The van der Waals surface area contributed by atoms with Gasteiger partial charge in [0.2, 0.25) is 5.43 Å². The van der Waals surface area contributed by atoms with Gasteiger partial charge in [0, 0.05) is 24.0 Å². The van der Waals surface area contributed by atoms with Crippen molar-refractivity contribution < 1.29 is 9.18 Å². The number of halogens is 2. The quantitative estimate of drug-likeness (QED) is 0.552. The average Bonchev–Trinajstić information content (AvgIpc) is 2.64. The number of aryl methyl sites for hydroxylation is 2. The lowest BCUT2D eigenvalue weighted by Gasteiger charge is -2.10. The van der Waals surface area contributed by atoms with E-state index in [9.17, 15) is 14.0 Å². The molecule has 0 unspecified atom stereocenters. The van der Waals surface area contributed by atoms with Crippen LogP contribution in [-0.2, 0) is 6.54 Å². The van der Waals surface area contributed by atoms with E-state index in [0.717, 1.165) is 11.9 Å². The van der Waals surface area contributed by atoms with Crippen LogP contribution in [0.5, 0.6) is 0 Å². The molecule has 1 N–H and O–H groups in total. The Kier molecular flexibility index (Phi) is 5.32. The number of hydrogen-bond acceptors (Lipinski definition) is 4. The number of benzene rings is 1. The molecule has 1 amide bonds. The molecule has 3 rings (SSSR count). The van der Waals surface area contributed by atoms with Crippen LogP contribution in [-0.4, -0.2) is 21.7 Å². The standard InChI is InChI=1S/C19H16ClFN4O2/c1-3-25-10-14(17(26)12-8-7-11(2)23-18(12)25)19(27)24-22-9-13-15(20)5-4-6-16(13)21/h4-10H,3H2,1-2H3,(H,24,27)/b22-9+. The van der Waals surface area contributed by atoms with Crippen LogP contribution in [0.2, 0.25) is 5.02 Å². The van der Waals surface area contributed by atoms with Gasteiger partial charge in [0.05, 0.1) is 16.6 Å². The normalized spacial score (nSPS) is 11.3. The third kappa shape index (κ3) is 3.73. The Morgan fingerprint density at radius 1 is 1.37 bits per heavy atom. The molecule has 1 aromatic carbocycles. The second-order valence-electron chi connectivity index (χ2n) is 5.82. The van der Waals surface area contributed by atoms with Crippen LogP contribution in [0, 0.1) is 12.7 Å². The van der Waals surface area contributed by atoms with E-state index >= 15 is 0 Å². The number of hydrogen-bond donors (Lipinski definition) is 1. The topological polar surface area (TPSA) is 76.3 Å². The van der Waals surface area contributed by atoms with E-state index in [1.807, 2.05) is 13.8 Å². The summed E-state index contributed by atoms with van der Waals surface area (Å²) in [4.78, 5) is 29.4. The highest BCUT2D eigenvalue weighted by atomic mass is 35.5. The molecular formula is C19H16ClFN4O2. The van der Waals surface area contributed by atoms with E-state index in [4.69, 9.17) is 11.6 Å². The minimum absolute atomic E-state index is 0.0450. The summed E-state index contributed by atoms with van der Waals surface area (Å²) in [5.74, 6) is -1.27. The zero-order valence-corrected chi connectivity index (χ0v) is 15.4. The molecule has 0 spiro atoms. The highest BCUT2D eigenvalue weighted by Crippen LogP contribution is 2.16. The molecular weight excluding hydrogens is 371 g/mol. The van der Waals surface area contributed by atoms with E-state index in [2.05, 4.69) is 15.5 Å². The Bertz CT molecular complexity index is 1100. The maximum absolute atomic E-state index is 13.7. The van der Waals surface area contributed by atoms with Crippen LogP contribution in [0.25, 0.3) is 11.0 Å². The number of pyridine rings is 2. The largest absolute Gasteiger partial charge is 0.332 e. The fraction of sp³-hybridized carbons (Fsp3) is 0.158. The lowest BCUT2D eigenvalue weighted by molar-refractivity contribution is 0.0953. The molecule has 0 fully saturated rings. The monoisotopic (exact) mass is 386 g/mol. The van der Waals surface area contributed by atoms with E-state index in [-0.39, 0.29) is 16.1 Å². The van der Waals surface area contributed by atoms with Crippen molar-refractivity contribution in [2.24, 2.45) is 5.10 Å².